The Labute approximate surface area is 115 Å². The van der Waals surface area contributed by atoms with Crippen LogP contribution in [0.1, 0.15) is 40.0 Å². The summed E-state index contributed by atoms with van der Waals surface area (Å²) < 4.78 is 5.54. The summed E-state index contributed by atoms with van der Waals surface area (Å²) >= 11 is 1.86. The molecule has 2 atom stereocenters. The summed E-state index contributed by atoms with van der Waals surface area (Å²) in [6.07, 6.45) is 3.30. The molecule has 0 saturated heterocycles. The molecule has 1 aliphatic carbocycles. The van der Waals surface area contributed by atoms with E-state index in [9.17, 15) is 4.79 Å². The summed E-state index contributed by atoms with van der Waals surface area (Å²) in [5.74, 6) is 0.947. The maximum absolute atomic E-state index is 11.6. The zero-order valence-electron chi connectivity index (χ0n) is 11.9. The number of rotatable bonds is 5. The van der Waals surface area contributed by atoms with Gasteiger partial charge in [-0.1, -0.05) is 20.8 Å². The van der Waals surface area contributed by atoms with Crippen LogP contribution in [0.25, 0.3) is 0 Å². The van der Waals surface area contributed by atoms with Crippen molar-refractivity contribution in [3.05, 3.63) is 0 Å². The molecule has 1 fully saturated rings. The lowest BCUT2D eigenvalue weighted by atomic mass is 10.2. The second-order valence-corrected chi connectivity index (χ2v) is 7.65. The normalized spacial score (nSPS) is 24.0. The van der Waals surface area contributed by atoms with Crippen LogP contribution in [0.4, 0.5) is 4.79 Å². The number of hydrogen-bond donors (Lipinski definition) is 2. The minimum Gasteiger partial charge on any atom is -0.381 e. The fourth-order valence-corrected chi connectivity index (χ4v) is 2.86. The molecule has 4 nitrogen and oxygen atoms in total. The number of methoxy groups -OCH3 is 1. The molecule has 0 bridgehead atoms. The van der Waals surface area contributed by atoms with Gasteiger partial charge in [-0.25, -0.2) is 4.79 Å². The number of carbonyl (C=O) groups excluding carboxylic acids is 1. The Kier molecular flexibility index (Phi) is 6.29. The van der Waals surface area contributed by atoms with E-state index in [1.165, 1.54) is 0 Å². The molecule has 1 saturated carbocycles. The minimum absolute atomic E-state index is 0.0498. The zero-order valence-corrected chi connectivity index (χ0v) is 12.7. The molecule has 0 aromatic heterocycles. The monoisotopic (exact) mass is 274 g/mol. The van der Waals surface area contributed by atoms with Gasteiger partial charge in [-0.2, -0.15) is 11.8 Å². The summed E-state index contributed by atoms with van der Waals surface area (Å²) in [5, 5.41) is 5.90. The highest BCUT2D eigenvalue weighted by Crippen LogP contribution is 2.22. The smallest absolute Gasteiger partial charge is 0.315 e. The first kappa shape index (κ1) is 15.6. The van der Waals surface area contributed by atoms with E-state index in [1.807, 2.05) is 11.8 Å². The summed E-state index contributed by atoms with van der Waals surface area (Å²) in [7, 11) is 1.73. The zero-order chi connectivity index (χ0) is 13.6. The SMILES string of the molecule is CO[C@@H]1CC[C@H](NC(=O)NCCSC(C)(C)C)C1. The molecule has 106 valence electrons. The fraction of sp³-hybridized carbons (Fsp3) is 0.923. The topological polar surface area (TPSA) is 50.4 Å². The molecule has 18 heavy (non-hydrogen) atoms. The second kappa shape index (κ2) is 7.24. The van der Waals surface area contributed by atoms with Crippen molar-refractivity contribution in [3.63, 3.8) is 0 Å². The molecular weight excluding hydrogens is 248 g/mol. The molecular formula is C13H26N2O2S. The maximum atomic E-state index is 11.6. The van der Waals surface area contributed by atoms with E-state index >= 15 is 0 Å². The van der Waals surface area contributed by atoms with Crippen LogP contribution in [0.3, 0.4) is 0 Å². The first-order valence-corrected chi connectivity index (χ1v) is 7.60. The number of nitrogens with one attached hydrogen (secondary N) is 2. The Morgan fingerprint density at radius 3 is 2.67 bits per heavy atom. The number of thioether (sulfide) groups is 1. The van der Waals surface area contributed by atoms with Crippen molar-refractivity contribution < 1.29 is 9.53 Å². The lowest BCUT2D eigenvalue weighted by Crippen LogP contribution is -2.42. The van der Waals surface area contributed by atoms with Crippen LogP contribution >= 0.6 is 11.8 Å². The van der Waals surface area contributed by atoms with Crippen LogP contribution < -0.4 is 10.6 Å². The van der Waals surface area contributed by atoms with Gasteiger partial charge in [0, 0.05) is 30.2 Å². The van der Waals surface area contributed by atoms with Gasteiger partial charge in [-0.3, -0.25) is 0 Å². The fourth-order valence-electron chi connectivity index (χ4n) is 2.04. The third-order valence-electron chi connectivity index (χ3n) is 2.98. The quantitative estimate of drug-likeness (QED) is 0.757. The maximum Gasteiger partial charge on any atom is 0.315 e. The molecule has 0 unspecified atom stereocenters. The van der Waals surface area contributed by atoms with Crippen molar-refractivity contribution in [3.8, 4) is 0 Å². The van der Waals surface area contributed by atoms with Gasteiger partial charge in [0.25, 0.3) is 0 Å². The van der Waals surface area contributed by atoms with E-state index in [4.69, 9.17) is 4.74 Å². The molecule has 1 rings (SSSR count). The largest absolute Gasteiger partial charge is 0.381 e. The number of amides is 2. The van der Waals surface area contributed by atoms with Crippen LogP contribution in [-0.4, -0.2) is 42.3 Å². The first-order chi connectivity index (χ1) is 8.40. The summed E-state index contributed by atoms with van der Waals surface area (Å²) in [6, 6.07) is 0.219. The van der Waals surface area contributed by atoms with Gasteiger partial charge in [-0.05, 0) is 19.3 Å². The Balaban J connectivity index is 2.08. The second-order valence-electron chi connectivity index (χ2n) is 5.73. The standard InChI is InChI=1S/C13H26N2O2S/c1-13(2,3)18-8-7-14-12(16)15-10-5-6-11(9-10)17-4/h10-11H,5-9H2,1-4H3,(H2,14,15,16)/t10-,11+/m0/s1. The van der Waals surface area contributed by atoms with E-state index in [2.05, 4.69) is 31.4 Å². The lowest BCUT2D eigenvalue weighted by molar-refractivity contribution is 0.107. The first-order valence-electron chi connectivity index (χ1n) is 6.62. The minimum atomic E-state index is -0.0498. The molecule has 1 aliphatic rings. The Bertz CT molecular complexity index is 266. The van der Waals surface area contributed by atoms with Gasteiger partial charge >= 0.3 is 6.03 Å². The highest BCUT2D eigenvalue weighted by molar-refractivity contribution is 8.00. The number of urea groups is 1. The van der Waals surface area contributed by atoms with Gasteiger partial charge in [-0.15, -0.1) is 0 Å². The van der Waals surface area contributed by atoms with E-state index in [0.717, 1.165) is 25.0 Å². The average molecular weight is 274 g/mol. The molecule has 5 heteroatoms. The highest BCUT2D eigenvalue weighted by Gasteiger charge is 2.25. The predicted octanol–water partition coefficient (Wildman–Crippen LogP) is 2.38. The van der Waals surface area contributed by atoms with Gasteiger partial charge in [0.15, 0.2) is 0 Å². The summed E-state index contributed by atoms with van der Waals surface area (Å²) in [5.41, 5.74) is 0. The van der Waals surface area contributed by atoms with Crippen molar-refractivity contribution in [2.45, 2.75) is 56.9 Å². The van der Waals surface area contributed by atoms with E-state index in [0.29, 0.717) is 12.6 Å². The Morgan fingerprint density at radius 1 is 1.39 bits per heavy atom. The van der Waals surface area contributed by atoms with Crippen molar-refractivity contribution in [1.29, 1.82) is 0 Å². The van der Waals surface area contributed by atoms with E-state index in [1.54, 1.807) is 7.11 Å². The number of carbonyl (C=O) groups is 1. The molecule has 0 heterocycles. The molecule has 0 aromatic carbocycles. The highest BCUT2D eigenvalue weighted by atomic mass is 32.2. The van der Waals surface area contributed by atoms with Crippen LogP contribution in [0.15, 0.2) is 0 Å². The Hall–Kier alpha value is -0.420. The molecule has 2 amide bonds. The van der Waals surface area contributed by atoms with Crippen molar-refractivity contribution >= 4 is 17.8 Å². The lowest BCUT2D eigenvalue weighted by Gasteiger charge is -2.18. The van der Waals surface area contributed by atoms with E-state index < -0.39 is 0 Å². The van der Waals surface area contributed by atoms with Gasteiger partial charge in [0.1, 0.15) is 0 Å². The van der Waals surface area contributed by atoms with Crippen LogP contribution in [0, 0.1) is 0 Å². The van der Waals surface area contributed by atoms with Gasteiger partial charge in [0.2, 0.25) is 0 Å². The number of hydrogen-bond acceptors (Lipinski definition) is 3. The van der Waals surface area contributed by atoms with Crippen LogP contribution in [-0.2, 0) is 4.74 Å². The van der Waals surface area contributed by atoms with Crippen LogP contribution in [0.2, 0.25) is 0 Å². The average Bonchev–Trinajstić information content (AvgIpc) is 2.71. The molecule has 0 aliphatic heterocycles. The predicted molar refractivity (Wildman–Crippen MR) is 77.2 cm³/mol. The third-order valence-corrected chi connectivity index (χ3v) is 4.25. The summed E-state index contributed by atoms with van der Waals surface area (Å²) in [6.45, 7) is 7.26. The molecule has 2 N–H and O–H groups in total. The van der Waals surface area contributed by atoms with Gasteiger partial charge in [0.05, 0.1) is 6.10 Å². The molecule has 0 spiro atoms. The number of ether oxygens (including phenoxy) is 1. The van der Waals surface area contributed by atoms with Gasteiger partial charge < -0.3 is 15.4 Å². The van der Waals surface area contributed by atoms with Crippen LogP contribution in [0.5, 0.6) is 0 Å². The van der Waals surface area contributed by atoms with Crippen molar-refractivity contribution in [1.82, 2.24) is 10.6 Å². The van der Waals surface area contributed by atoms with Crippen molar-refractivity contribution in [2.24, 2.45) is 0 Å². The Morgan fingerprint density at radius 2 is 2.11 bits per heavy atom. The summed E-state index contributed by atoms with van der Waals surface area (Å²) in [4.78, 5) is 11.6. The van der Waals surface area contributed by atoms with Crippen molar-refractivity contribution in [2.75, 3.05) is 19.4 Å². The molecule has 0 radical (unpaired) electrons. The van der Waals surface area contributed by atoms with E-state index in [-0.39, 0.29) is 16.8 Å². The third kappa shape index (κ3) is 6.50. The molecule has 0 aromatic rings.